The van der Waals surface area contributed by atoms with Crippen LogP contribution in [0.15, 0.2) is 34.8 Å². The van der Waals surface area contributed by atoms with Crippen LogP contribution in [0.2, 0.25) is 0 Å². The summed E-state index contributed by atoms with van der Waals surface area (Å²) in [4.78, 5) is 45.0. The van der Waals surface area contributed by atoms with Gasteiger partial charge >= 0.3 is 0 Å². The van der Waals surface area contributed by atoms with E-state index in [2.05, 4.69) is 26.1 Å². The second-order valence-electron chi connectivity index (χ2n) is 9.52. The van der Waals surface area contributed by atoms with Gasteiger partial charge in [-0.2, -0.15) is 0 Å². The zero-order chi connectivity index (χ0) is 22.5. The summed E-state index contributed by atoms with van der Waals surface area (Å²) < 4.78 is 0.708. The van der Waals surface area contributed by atoms with Crippen LogP contribution in [-0.4, -0.2) is 35.2 Å². The van der Waals surface area contributed by atoms with Crippen LogP contribution in [0.3, 0.4) is 0 Å². The first-order chi connectivity index (χ1) is 15.3. The molecule has 32 heavy (non-hydrogen) atoms. The third kappa shape index (κ3) is 2.21. The van der Waals surface area contributed by atoms with Gasteiger partial charge in [0, 0.05) is 21.8 Å². The van der Waals surface area contributed by atoms with Crippen LogP contribution >= 0.6 is 15.9 Å². The molecule has 0 aromatic heterocycles. The zero-order valence-corrected chi connectivity index (χ0v) is 19.8. The first-order valence-electron chi connectivity index (χ1n) is 11.1. The second-order valence-corrected chi connectivity index (χ2v) is 10.4. The molecule has 0 radical (unpaired) electrons. The molecule has 0 bridgehead atoms. The van der Waals surface area contributed by atoms with Crippen molar-refractivity contribution in [1.82, 2.24) is 4.90 Å². The van der Waals surface area contributed by atoms with Crippen LogP contribution in [0.25, 0.3) is 0 Å². The molecule has 3 amide bonds. The lowest BCUT2D eigenvalue weighted by molar-refractivity contribution is -0.135. The van der Waals surface area contributed by atoms with Gasteiger partial charge in [0.2, 0.25) is 17.7 Å². The number of amides is 3. The molecule has 1 spiro atoms. The minimum absolute atomic E-state index is 0.107. The van der Waals surface area contributed by atoms with Gasteiger partial charge in [-0.05, 0) is 84.9 Å². The van der Waals surface area contributed by atoms with Crippen molar-refractivity contribution in [2.45, 2.75) is 45.2 Å². The van der Waals surface area contributed by atoms with Crippen LogP contribution in [0, 0.1) is 32.6 Å². The minimum Gasteiger partial charge on any atom is -0.324 e. The first-order valence-corrected chi connectivity index (χ1v) is 11.9. The lowest BCUT2D eigenvalue weighted by Gasteiger charge is -2.36. The van der Waals surface area contributed by atoms with Gasteiger partial charge in [-0.15, -0.1) is 0 Å². The third-order valence-corrected chi connectivity index (χ3v) is 8.68. The molecule has 4 atom stereocenters. The summed E-state index contributed by atoms with van der Waals surface area (Å²) >= 11 is 3.54. The molecule has 4 aliphatic heterocycles. The Balaban J connectivity index is 1.57. The topological polar surface area (TPSA) is 69.7 Å². The van der Waals surface area contributed by atoms with Crippen molar-refractivity contribution in [2.24, 2.45) is 11.8 Å². The number of carbonyl (C=O) groups is 3. The normalized spacial score (nSPS) is 30.8. The van der Waals surface area contributed by atoms with Crippen LogP contribution in [0.4, 0.5) is 11.4 Å². The van der Waals surface area contributed by atoms with Gasteiger partial charge in [-0.25, -0.2) is 4.90 Å². The van der Waals surface area contributed by atoms with E-state index in [1.807, 2.05) is 51.1 Å². The van der Waals surface area contributed by atoms with E-state index >= 15 is 0 Å². The lowest BCUT2D eigenvalue weighted by atomic mass is 9.75. The largest absolute Gasteiger partial charge is 0.324 e. The molecule has 2 aromatic carbocycles. The minimum atomic E-state index is -1.13. The number of halogens is 1. The number of aryl methyl sites for hydroxylation is 2. The summed E-state index contributed by atoms with van der Waals surface area (Å²) in [6, 6.07) is 9.51. The van der Waals surface area contributed by atoms with Gasteiger partial charge in [-0.3, -0.25) is 19.3 Å². The summed E-state index contributed by atoms with van der Waals surface area (Å²) in [6.07, 6.45) is 1.73. The monoisotopic (exact) mass is 493 g/mol. The fourth-order valence-electron chi connectivity index (χ4n) is 6.55. The fraction of sp³-hybridized carbons (Fsp3) is 0.400. The molecule has 6 rings (SSSR count). The summed E-state index contributed by atoms with van der Waals surface area (Å²) in [6.45, 7) is 6.70. The maximum Gasteiger partial charge on any atom is 0.250 e. The van der Waals surface area contributed by atoms with Crippen LogP contribution < -0.4 is 10.2 Å². The predicted octanol–water partition coefficient (Wildman–Crippen LogP) is 3.81. The average molecular weight is 494 g/mol. The van der Waals surface area contributed by atoms with Crippen molar-refractivity contribution in [2.75, 3.05) is 16.8 Å². The molecular formula is C25H24BrN3O3. The number of anilines is 2. The molecule has 0 unspecified atom stereocenters. The van der Waals surface area contributed by atoms with Gasteiger partial charge in [0.15, 0.2) is 0 Å². The number of rotatable bonds is 1. The van der Waals surface area contributed by atoms with E-state index in [0.29, 0.717) is 16.7 Å². The summed E-state index contributed by atoms with van der Waals surface area (Å²) in [5, 5.41) is 3.10. The van der Waals surface area contributed by atoms with Crippen molar-refractivity contribution < 1.29 is 14.4 Å². The Bertz CT molecular complexity index is 1240. The number of hydrogen-bond acceptors (Lipinski definition) is 4. The zero-order valence-electron chi connectivity index (χ0n) is 18.2. The molecule has 4 aliphatic rings. The Kier molecular flexibility index (Phi) is 4.10. The molecule has 4 heterocycles. The molecule has 6 nitrogen and oxygen atoms in total. The predicted molar refractivity (Wildman–Crippen MR) is 124 cm³/mol. The van der Waals surface area contributed by atoms with E-state index in [1.54, 1.807) is 0 Å². The van der Waals surface area contributed by atoms with Gasteiger partial charge in [-0.1, -0.05) is 18.2 Å². The highest BCUT2D eigenvalue weighted by molar-refractivity contribution is 9.10. The average Bonchev–Trinajstić information content (AvgIpc) is 3.45. The highest BCUT2D eigenvalue weighted by Crippen LogP contribution is 2.61. The number of hydrogen-bond donors (Lipinski definition) is 1. The van der Waals surface area contributed by atoms with E-state index < -0.39 is 17.4 Å². The number of nitrogens with one attached hydrogen (secondary N) is 1. The Labute approximate surface area is 195 Å². The van der Waals surface area contributed by atoms with Crippen molar-refractivity contribution in [1.29, 1.82) is 0 Å². The highest BCUT2D eigenvalue weighted by atomic mass is 79.9. The van der Waals surface area contributed by atoms with Gasteiger partial charge in [0.25, 0.3) is 0 Å². The van der Waals surface area contributed by atoms with Gasteiger partial charge in [0.1, 0.15) is 5.54 Å². The standard InChI is InChI=1S/C25H24BrN3O3/c1-12-6-9-17(16(26)11-12)29-22(30)19-18-5-4-10-28(18)25(20(19)23(29)31)15-8-7-13(2)14(3)21(15)27-24(25)32/h6-9,11,18-20H,4-5,10H2,1-3H3,(H,27,32)/t18-,19-,20+,25-/m1/s1. The molecule has 0 aliphatic carbocycles. The Morgan fingerprint density at radius 2 is 1.84 bits per heavy atom. The Morgan fingerprint density at radius 1 is 1.06 bits per heavy atom. The van der Waals surface area contributed by atoms with Crippen molar-refractivity contribution in [3.8, 4) is 0 Å². The maximum atomic E-state index is 14.0. The Hall–Kier alpha value is -2.51. The first kappa shape index (κ1) is 20.1. The molecular weight excluding hydrogens is 470 g/mol. The number of nitrogens with zero attached hydrogens (tertiary/aromatic N) is 2. The van der Waals surface area contributed by atoms with Gasteiger partial charge < -0.3 is 5.32 Å². The second kappa shape index (κ2) is 6.51. The van der Waals surface area contributed by atoms with E-state index in [0.717, 1.165) is 40.8 Å². The SMILES string of the molecule is Cc1ccc(N2C(=O)[C@@H]3[C@H]4CCCN4[C@@]4(C(=O)Nc5c4ccc(C)c5C)[C@@H]3C2=O)c(Br)c1. The van der Waals surface area contributed by atoms with E-state index in [9.17, 15) is 14.4 Å². The van der Waals surface area contributed by atoms with Crippen LogP contribution in [-0.2, 0) is 19.9 Å². The fourth-order valence-corrected chi connectivity index (χ4v) is 7.22. The lowest BCUT2D eigenvalue weighted by Crippen LogP contribution is -2.54. The smallest absolute Gasteiger partial charge is 0.250 e. The molecule has 164 valence electrons. The summed E-state index contributed by atoms with van der Waals surface area (Å²) in [5.74, 6) is -1.89. The number of fused-ring (bicyclic) bond motifs is 7. The molecule has 2 aromatic rings. The summed E-state index contributed by atoms with van der Waals surface area (Å²) in [5.41, 5.74) is 4.21. The quantitative estimate of drug-likeness (QED) is 0.613. The van der Waals surface area contributed by atoms with Gasteiger partial charge in [0.05, 0.1) is 17.5 Å². The molecule has 3 fully saturated rings. The summed E-state index contributed by atoms with van der Waals surface area (Å²) in [7, 11) is 0. The number of carbonyl (C=O) groups excluding carboxylic acids is 3. The van der Waals surface area contributed by atoms with Crippen LogP contribution in [0.5, 0.6) is 0 Å². The third-order valence-electron chi connectivity index (χ3n) is 8.04. The number of benzene rings is 2. The molecule has 0 saturated carbocycles. The maximum absolute atomic E-state index is 14.0. The van der Waals surface area contributed by atoms with E-state index in [4.69, 9.17) is 0 Å². The van der Waals surface area contributed by atoms with Crippen LogP contribution in [0.1, 0.15) is 35.1 Å². The van der Waals surface area contributed by atoms with Crippen molar-refractivity contribution >= 4 is 45.0 Å². The Morgan fingerprint density at radius 3 is 2.59 bits per heavy atom. The van der Waals surface area contributed by atoms with E-state index in [1.165, 1.54) is 4.90 Å². The van der Waals surface area contributed by atoms with E-state index in [-0.39, 0.29) is 23.8 Å². The number of imide groups is 1. The van der Waals surface area contributed by atoms with Crippen molar-refractivity contribution in [3.05, 3.63) is 57.1 Å². The highest BCUT2D eigenvalue weighted by Gasteiger charge is 2.74. The molecule has 3 saturated heterocycles. The van der Waals surface area contributed by atoms with Crippen molar-refractivity contribution in [3.63, 3.8) is 0 Å². The molecule has 1 N–H and O–H groups in total. The molecule has 7 heteroatoms.